The average Bonchev–Trinajstić information content (AvgIpc) is 2.41. The first-order chi connectivity index (χ1) is 8.69. The molecule has 0 fully saturated rings. The molecule has 0 aliphatic carbocycles. The lowest BCUT2D eigenvalue weighted by Crippen LogP contribution is -2.24. The molecular weight excluding hydrogens is 224 g/mol. The zero-order valence-electron chi connectivity index (χ0n) is 11.9. The molecule has 0 aliphatic rings. The van der Waals surface area contributed by atoms with Crippen molar-refractivity contribution in [3.05, 3.63) is 29.8 Å². The van der Waals surface area contributed by atoms with Gasteiger partial charge in [0, 0.05) is 6.54 Å². The van der Waals surface area contributed by atoms with E-state index >= 15 is 0 Å². The summed E-state index contributed by atoms with van der Waals surface area (Å²) < 4.78 is 5.15. The Kier molecular flexibility index (Phi) is 6.76. The summed E-state index contributed by atoms with van der Waals surface area (Å²) in [5.41, 5.74) is 7.04. The molecule has 0 aliphatic heterocycles. The minimum atomic E-state index is 0.656. The molecule has 3 nitrogen and oxygen atoms in total. The summed E-state index contributed by atoms with van der Waals surface area (Å²) >= 11 is 0. The van der Waals surface area contributed by atoms with Crippen molar-refractivity contribution in [1.82, 2.24) is 4.90 Å². The van der Waals surface area contributed by atoms with Gasteiger partial charge in [0.15, 0.2) is 0 Å². The van der Waals surface area contributed by atoms with Crippen LogP contribution < -0.4 is 10.5 Å². The molecule has 0 bridgehead atoms. The predicted molar refractivity (Wildman–Crippen MR) is 76.8 cm³/mol. The van der Waals surface area contributed by atoms with Gasteiger partial charge in [0.1, 0.15) is 5.75 Å². The van der Waals surface area contributed by atoms with Crippen LogP contribution in [0.25, 0.3) is 0 Å². The van der Waals surface area contributed by atoms with E-state index in [0.29, 0.717) is 5.92 Å². The molecule has 3 heteroatoms. The van der Waals surface area contributed by atoms with E-state index in [9.17, 15) is 0 Å². The Hall–Kier alpha value is -1.06. The topological polar surface area (TPSA) is 38.5 Å². The molecule has 1 unspecified atom stereocenters. The second-order valence-corrected chi connectivity index (χ2v) is 4.88. The Morgan fingerprint density at radius 3 is 2.44 bits per heavy atom. The van der Waals surface area contributed by atoms with Crippen LogP contribution in [0.5, 0.6) is 5.75 Å². The van der Waals surface area contributed by atoms with Gasteiger partial charge in [-0.3, -0.25) is 0 Å². The lowest BCUT2D eigenvalue weighted by molar-refractivity contribution is 0.291. The molecule has 0 amide bonds. The molecule has 2 N–H and O–H groups in total. The molecular formula is C15H26N2O. The molecule has 1 aromatic carbocycles. The maximum Gasteiger partial charge on any atom is 0.118 e. The first-order valence-electron chi connectivity index (χ1n) is 6.71. The van der Waals surface area contributed by atoms with E-state index in [0.717, 1.165) is 25.4 Å². The largest absolute Gasteiger partial charge is 0.497 e. The number of methoxy groups -OCH3 is 1. The Morgan fingerprint density at radius 2 is 1.94 bits per heavy atom. The number of hydrogen-bond acceptors (Lipinski definition) is 3. The molecule has 0 saturated carbocycles. The van der Waals surface area contributed by atoms with Crippen LogP contribution >= 0.6 is 0 Å². The van der Waals surface area contributed by atoms with E-state index in [2.05, 4.69) is 31.0 Å². The van der Waals surface area contributed by atoms with Gasteiger partial charge in [0.25, 0.3) is 0 Å². The Labute approximate surface area is 111 Å². The van der Waals surface area contributed by atoms with E-state index in [4.69, 9.17) is 10.5 Å². The van der Waals surface area contributed by atoms with Crippen molar-refractivity contribution in [2.45, 2.75) is 26.3 Å². The number of hydrogen-bond donors (Lipinski definition) is 1. The van der Waals surface area contributed by atoms with Gasteiger partial charge in [0.05, 0.1) is 7.11 Å². The number of benzene rings is 1. The summed E-state index contributed by atoms with van der Waals surface area (Å²) in [6.07, 6.45) is 2.35. The maximum atomic E-state index is 5.72. The molecule has 0 aromatic heterocycles. The van der Waals surface area contributed by atoms with E-state index in [1.165, 1.54) is 18.4 Å². The van der Waals surface area contributed by atoms with E-state index in [-0.39, 0.29) is 0 Å². The monoisotopic (exact) mass is 250 g/mol. The fourth-order valence-electron chi connectivity index (χ4n) is 2.01. The van der Waals surface area contributed by atoms with Gasteiger partial charge in [0.2, 0.25) is 0 Å². The van der Waals surface area contributed by atoms with Crippen molar-refractivity contribution in [1.29, 1.82) is 0 Å². The Morgan fingerprint density at radius 1 is 1.28 bits per heavy atom. The maximum absolute atomic E-state index is 5.72. The van der Waals surface area contributed by atoms with Gasteiger partial charge in [-0.1, -0.05) is 25.5 Å². The normalized spacial score (nSPS) is 12.7. The highest BCUT2D eigenvalue weighted by molar-refractivity contribution is 5.26. The highest BCUT2D eigenvalue weighted by atomic mass is 16.5. The van der Waals surface area contributed by atoms with Crippen molar-refractivity contribution >= 4 is 0 Å². The van der Waals surface area contributed by atoms with Crippen molar-refractivity contribution in [2.75, 3.05) is 27.2 Å². The molecule has 0 heterocycles. The van der Waals surface area contributed by atoms with Gasteiger partial charge in [-0.05, 0) is 50.2 Å². The Bertz CT molecular complexity index is 320. The predicted octanol–water partition coefficient (Wildman–Crippen LogP) is 2.50. The van der Waals surface area contributed by atoms with Gasteiger partial charge in [-0.25, -0.2) is 0 Å². The second kappa shape index (κ2) is 8.11. The summed E-state index contributed by atoms with van der Waals surface area (Å²) in [7, 11) is 3.85. The van der Waals surface area contributed by atoms with Crippen LogP contribution in [0.1, 0.15) is 25.3 Å². The highest BCUT2D eigenvalue weighted by Gasteiger charge is 2.06. The van der Waals surface area contributed by atoms with E-state index < -0.39 is 0 Å². The lowest BCUT2D eigenvalue weighted by Gasteiger charge is -2.20. The van der Waals surface area contributed by atoms with E-state index in [1.54, 1.807) is 7.11 Å². The van der Waals surface area contributed by atoms with Crippen molar-refractivity contribution in [3.63, 3.8) is 0 Å². The van der Waals surface area contributed by atoms with Crippen molar-refractivity contribution in [3.8, 4) is 5.75 Å². The van der Waals surface area contributed by atoms with Crippen molar-refractivity contribution in [2.24, 2.45) is 11.7 Å². The fourth-order valence-corrected chi connectivity index (χ4v) is 2.01. The lowest BCUT2D eigenvalue weighted by atomic mass is 10.0. The van der Waals surface area contributed by atoms with Crippen LogP contribution in [-0.4, -0.2) is 32.1 Å². The summed E-state index contributed by atoms with van der Waals surface area (Å²) in [6, 6.07) is 8.26. The Balaban J connectivity index is 2.36. The third-order valence-corrected chi connectivity index (χ3v) is 3.44. The van der Waals surface area contributed by atoms with Gasteiger partial charge in [-0.15, -0.1) is 0 Å². The minimum absolute atomic E-state index is 0.656. The summed E-state index contributed by atoms with van der Waals surface area (Å²) in [5, 5.41) is 0. The van der Waals surface area contributed by atoms with Crippen LogP contribution in [0.4, 0.5) is 0 Å². The van der Waals surface area contributed by atoms with Gasteiger partial charge in [-0.2, -0.15) is 0 Å². The highest BCUT2D eigenvalue weighted by Crippen LogP contribution is 2.13. The van der Waals surface area contributed by atoms with Crippen LogP contribution in [0.3, 0.4) is 0 Å². The van der Waals surface area contributed by atoms with Crippen molar-refractivity contribution < 1.29 is 4.74 Å². The average molecular weight is 250 g/mol. The number of nitrogens with zero attached hydrogens (tertiary/aromatic N) is 1. The number of rotatable bonds is 8. The molecule has 18 heavy (non-hydrogen) atoms. The second-order valence-electron chi connectivity index (χ2n) is 4.88. The zero-order chi connectivity index (χ0) is 13.4. The molecule has 1 atom stereocenters. The third kappa shape index (κ3) is 5.07. The summed E-state index contributed by atoms with van der Waals surface area (Å²) in [4.78, 5) is 2.35. The molecule has 0 radical (unpaired) electrons. The standard InChI is InChI=1S/C15H26N2O/c1-4-13(11-16)9-10-17(2)12-14-5-7-15(18-3)8-6-14/h5-8,13H,4,9-12,16H2,1-3H3. The summed E-state index contributed by atoms with van der Waals surface area (Å²) in [6.45, 7) is 5.08. The molecule has 1 aromatic rings. The quantitative estimate of drug-likeness (QED) is 0.770. The first kappa shape index (κ1) is 15.0. The first-order valence-corrected chi connectivity index (χ1v) is 6.71. The smallest absolute Gasteiger partial charge is 0.118 e. The SMILES string of the molecule is CCC(CN)CCN(C)Cc1ccc(OC)cc1. The molecule has 102 valence electrons. The van der Waals surface area contributed by atoms with Crippen LogP contribution in [-0.2, 0) is 6.54 Å². The van der Waals surface area contributed by atoms with Crippen LogP contribution in [0.15, 0.2) is 24.3 Å². The van der Waals surface area contributed by atoms with E-state index in [1.807, 2.05) is 12.1 Å². The zero-order valence-corrected chi connectivity index (χ0v) is 11.9. The van der Waals surface area contributed by atoms with Crippen LogP contribution in [0, 0.1) is 5.92 Å². The number of nitrogens with two attached hydrogens (primary N) is 1. The fraction of sp³-hybridized carbons (Fsp3) is 0.600. The van der Waals surface area contributed by atoms with Crippen LogP contribution in [0.2, 0.25) is 0 Å². The summed E-state index contributed by atoms with van der Waals surface area (Å²) in [5.74, 6) is 1.57. The molecule has 0 saturated heterocycles. The molecule has 1 rings (SSSR count). The number of ether oxygens (including phenoxy) is 1. The third-order valence-electron chi connectivity index (χ3n) is 3.44. The molecule has 0 spiro atoms. The minimum Gasteiger partial charge on any atom is -0.497 e. The van der Waals surface area contributed by atoms with Gasteiger partial charge < -0.3 is 15.4 Å². The van der Waals surface area contributed by atoms with Gasteiger partial charge >= 0.3 is 0 Å².